The van der Waals surface area contributed by atoms with E-state index in [-0.39, 0.29) is 25.8 Å². The van der Waals surface area contributed by atoms with Crippen molar-refractivity contribution in [2.75, 3.05) is 54.4 Å². The molecule has 35 heavy (non-hydrogen) atoms. The second-order valence-electron chi connectivity index (χ2n) is 8.78. The molecule has 0 saturated carbocycles. The van der Waals surface area contributed by atoms with Gasteiger partial charge in [0.15, 0.2) is 0 Å². The monoisotopic (exact) mass is 664 g/mol. The van der Waals surface area contributed by atoms with E-state index in [2.05, 4.69) is 110 Å². The van der Waals surface area contributed by atoms with Crippen LogP contribution in [0.4, 0.5) is 0 Å². The third-order valence-electron chi connectivity index (χ3n) is 3.76. The summed E-state index contributed by atoms with van der Waals surface area (Å²) in [4.78, 5) is 13.1. The van der Waals surface area contributed by atoms with Crippen molar-refractivity contribution in [1.29, 1.82) is 0 Å². The zero-order valence-corrected chi connectivity index (χ0v) is 29.8. The summed E-state index contributed by atoms with van der Waals surface area (Å²) < 4.78 is 0. The number of nitrogens with zero attached hydrogens (tertiary/aromatic N) is 8. The van der Waals surface area contributed by atoms with Crippen LogP contribution in [0.5, 0.6) is 0 Å². The van der Waals surface area contributed by atoms with Gasteiger partial charge in [0.25, 0.3) is 0 Å². The van der Waals surface area contributed by atoms with Gasteiger partial charge in [-0.1, -0.05) is 83.1 Å². The van der Waals surface area contributed by atoms with Crippen LogP contribution in [0.25, 0.3) is 21.3 Å². The fourth-order valence-corrected chi connectivity index (χ4v) is 1.67. The van der Waals surface area contributed by atoms with Crippen LogP contribution in [-0.4, -0.2) is 100 Å². The van der Waals surface area contributed by atoms with Crippen molar-refractivity contribution in [2.45, 2.75) is 107 Å². The molecule has 0 fully saturated rings. The Morgan fingerprint density at radius 2 is 0.829 bits per heavy atom. The van der Waals surface area contributed by atoms with Gasteiger partial charge >= 0.3 is 25.8 Å². The Morgan fingerprint density at radius 1 is 0.600 bits per heavy atom. The van der Waals surface area contributed by atoms with E-state index in [0.717, 1.165) is 38.1 Å². The molecule has 0 aromatic rings. The predicted octanol–water partition coefficient (Wildman–Crippen LogP) is 6.99. The third kappa shape index (κ3) is 38.0. The Morgan fingerprint density at radius 3 is 0.943 bits per heavy atom. The maximum absolute atomic E-state index is 4.46. The molecule has 0 aromatic heterocycles. The molecule has 0 aliphatic rings. The standard InChI is InChI=1S/2C10H22N3.2C3H8N.Hf/c2*1-7-13(6)10(11-8(2)3)12-9(4)5;2*1-3-4-2;/h2*8-9H,7H2,1-6H3;2*3H2,1-2H3;/q4*-1;+4. The van der Waals surface area contributed by atoms with Gasteiger partial charge in [-0.3, -0.25) is 0 Å². The molecule has 0 aliphatic heterocycles. The van der Waals surface area contributed by atoms with Crippen molar-refractivity contribution in [3.63, 3.8) is 0 Å². The van der Waals surface area contributed by atoms with Gasteiger partial charge in [-0.15, -0.1) is 0 Å². The maximum atomic E-state index is 4.46. The van der Waals surface area contributed by atoms with E-state index in [9.17, 15) is 0 Å². The number of hydrogen-bond donors (Lipinski definition) is 0. The van der Waals surface area contributed by atoms with Crippen molar-refractivity contribution in [3.05, 3.63) is 21.3 Å². The molecular weight excluding hydrogens is 603 g/mol. The third-order valence-corrected chi connectivity index (χ3v) is 3.76. The van der Waals surface area contributed by atoms with E-state index in [4.69, 9.17) is 0 Å². The summed E-state index contributed by atoms with van der Waals surface area (Å²) in [6.45, 7) is 28.6. The van der Waals surface area contributed by atoms with Crippen LogP contribution in [0, 0.1) is 0 Å². The van der Waals surface area contributed by atoms with E-state index in [1.165, 1.54) is 0 Å². The molecular formula is C26H60HfN8. The van der Waals surface area contributed by atoms with E-state index in [1.54, 1.807) is 14.1 Å². The Bertz CT molecular complexity index is 420. The molecule has 0 saturated heterocycles. The molecule has 0 rings (SSSR count). The fourth-order valence-electron chi connectivity index (χ4n) is 1.67. The number of rotatable bonds is 8. The zero-order valence-electron chi connectivity index (χ0n) is 26.2. The minimum atomic E-state index is 0. The first-order valence-corrected chi connectivity index (χ1v) is 12.9. The van der Waals surface area contributed by atoms with Gasteiger partial charge in [-0.05, 0) is 51.4 Å². The van der Waals surface area contributed by atoms with Crippen molar-refractivity contribution >= 4 is 11.9 Å². The molecule has 0 heterocycles. The smallest absolute Gasteiger partial charge is 0.665 e. The molecule has 208 valence electrons. The van der Waals surface area contributed by atoms with Crippen molar-refractivity contribution in [2.24, 2.45) is 9.98 Å². The van der Waals surface area contributed by atoms with Crippen LogP contribution < -0.4 is 0 Å². The van der Waals surface area contributed by atoms with Crippen LogP contribution in [0.15, 0.2) is 9.98 Å². The first-order valence-electron chi connectivity index (χ1n) is 12.9. The predicted molar refractivity (Wildman–Crippen MR) is 158 cm³/mol. The SMILES string of the molecule is CCN(C)C(=NC(C)C)[N-]C(C)C.CCN(C)C(=NC(C)C)[N-]C(C)C.CC[N-]C.CC[N-]C.[Hf+4]. The average Bonchev–Trinajstić information content (AvgIpc) is 2.76. The van der Waals surface area contributed by atoms with E-state index in [0.29, 0.717) is 24.2 Å². The molecule has 0 atom stereocenters. The van der Waals surface area contributed by atoms with Gasteiger partial charge in [-0.2, -0.15) is 27.2 Å². The van der Waals surface area contributed by atoms with Gasteiger partial charge in [0.1, 0.15) is 0 Å². The van der Waals surface area contributed by atoms with E-state index >= 15 is 0 Å². The molecule has 0 radical (unpaired) electrons. The van der Waals surface area contributed by atoms with Gasteiger partial charge in [0.05, 0.1) is 0 Å². The van der Waals surface area contributed by atoms with Gasteiger partial charge in [-0.25, -0.2) is 0 Å². The van der Waals surface area contributed by atoms with Crippen molar-refractivity contribution in [3.8, 4) is 0 Å². The van der Waals surface area contributed by atoms with Crippen LogP contribution in [0.2, 0.25) is 0 Å². The van der Waals surface area contributed by atoms with Gasteiger partial charge in [0, 0.05) is 11.9 Å². The number of guanidine groups is 2. The maximum Gasteiger partial charge on any atom is 4.00 e. The summed E-state index contributed by atoms with van der Waals surface area (Å²) in [5.74, 6) is 1.74. The molecule has 0 aliphatic carbocycles. The summed E-state index contributed by atoms with van der Waals surface area (Å²) in [7, 11) is 7.65. The summed E-state index contributed by atoms with van der Waals surface area (Å²) in [5.41, 5.74) is 0. The normalized spacial score (nSPS) is 11.0. The second kappa shape index (κ2) is 31.4. The van der Waals surface area contributed by atoms with E-state index < -0.39 is 0 Å². The Labute approximate surface area is 239 Å². The van der Waals surface area contributed by atoms with E-state index in [1.807, 2.05) is 27.9 Å². The molecule has 0 bridgehead atoms. The number of aliphatic imine (C=N–C) groups is 2. The number of hydrogen-bond acceptors (Lipinski definition) is 2. The quantitative estimate of drug-likeness (QED) is 0.159. The molecule has 0 amide bonds. The molecule has 0 spiro atoms. The fraction of sp³-hybridized carbons (Fsp3) is 0.923. The van der Waals surface area contributed by atoms with Crippen LogP contribution in [-0.2, 0) is 25.8 Å². The van der Waals surface area contributed by atoms with Gasteiger partial charge in [0.2, 0.25) is 0 Å². The summed E-state index contributed by atoms with van der Waals surface area (Å²) in [5, 5.41) is 16.4. The largest absolute Gasteiger partial charge is 4.00 e. The minimum Gasteiger partial charge on any atom is -0.665 e. The molecule has 0 N–H and O–H groups in total. The van der Waals surface area contributed by atoms with Crippen LogP contribution >= 0.6 is 0 Å². The summed E-state index contributed by atoms with van der Waals surface area (Å²) in [6.07, 6.45) is 0. The molecule has 0 aromatic carbocycles. The van der Waals surface area contributed by atoms with Crippen LogP contribution in [0.3, 0.4) is 0 Å². The van der Waals surface area contributed by atoms with Gasteiger partial charge < -0.3 is 41.1 Å². The Hall–Kier alpha value is -0.670. The Balaban J connectivity index is -0.000000128. The second-order valence-corrected chi connectivity index (χ2v) is 8.78. The molecule has 9 heteroatoms. The molecule has 8 nitrogen and oxygen atoms in total. The summed E-state index contributed by atoms with van der Waals surface area (Å²) in [6, 6.07) is 1.25. The average molecular weight is 663 g/mol. The van der Waals surface area contributed by atoms with Crippen LogP contribution in [0.1, 0.15) is 83.1 Å². The minimum absolute atomic E-state index is 0. The molecule has 0 unspecified atom stereocenters. The van der Waals surface area contributed by atoms with Crippen molar-refractivity contribution < 1.29 is 25.8 Å². The summed E-state index contributed by atoms with van der Waals surface area (Å²) >= 11 is 0. The first kappa shape index (κ1) is 44.3. The first-order chi connectivity index (χ1) is 15.8. The Kier molecular flexibility index (Phi) is 39.7. The zero-order chi connectivity index (χ0) is 27.7. The topological polar surface area (TPSA) is 87.6 Å². The van der Waals surface area contributed by atoms with Crippen molar-refractivity contribution in [1.82, 2.24) is 9.80 Å².